The summed E-state index contributed by atoms with van der Waals surface area (Å²) in [5, 5.41) is 1.29. The number of fused-ring (bicyclic) bond motifs is 7. The van der Waals surface area contributed by atoms with Crippen molar-refractivity contribution in [1.82, 2.24) is 9.88 Å². The third kappa shape index (κ3) is 1.21. The highest BCUT2D eigenvalue weighted by molar-refractivity contribution is 6.01. The van der Waals surface area contributed by atoms with Gasteiger partial charge in [-0.15, -0.1) is 0 Å². The first-order valence-electron chi connectivity index (χ1n) is 7.73. The number of benzene rings is 2. The van der Waals surface area contributed by atoms with E-state index in [0.29, 0.717) is 0 Å². The van der Waals surface area contributed by atoms with Crippen LogP contribution in [0.3, 0.4) is 0 Å². The minimum atomic E-state index is -0.375. The highest BCUT2D eigenvalue weighted by Crippen LogP contribution is 2.48. The predicted octanol–water partition coefficient (Wildman–Crippen LogP) is 3.44. The van der Waals surface area contributed by atoms with E-state index in [4.69, 9.17) is 0 Å². The van der Waals surface area contributed by atoms with Gasteiger partial charge in [-0.2, -0.15) is 0 Å². The van der Waals surface area contributed by atoms with Crippen molar-refractivity contribution in [3.63, 3.8) is 0 Å². The van der Waals surface area contributed by atoms with Crippen LogP contribution in [0.15, 0.2) is 48.5 Å². The molecule has 1 amide bonds. The number of para-hydroxylation sites is 1. The molecule has 2 aliphatic rings. The molecule has 5 rings (SSSR count). The van der Waals surface area contributed by atoms with Gasteiger partial charge < -0.3 is 9.88 Å². The second kappa shape index (κ2) is 3.80. The number of hydrogen-bond acceptors (Lipinski definition) is 1. The van der Waals surface area contributed by atoms with Gasteiger partial charge in [-0.3, -0.25) is 4.79 Å². The number of nitrogens with one attached hydrogen (secondary N) is 1. The quantitative estimate of drug-likeness (QED) is 0.676. The molecule has 2 aliphatic heterocycles. The van der Waals surface area contributed by atoms with E-state index in [2.05, 4.69) is 42.2 Å². The first-order chi connectivity index (χ1) is 10.7. The summed E-state index contributed by atoms with van der Waals surface area (Å²) in [4.78, 5) is 18.4. The molecular weight excluding hydrogens is 272 g/mol. The van der Waals surface area contributed by atoms with Crippen LogP contribution in [0, 0.1) is 0 Å². The summed E-state index contributed by atoms with van der Waals surface area (Å²) >= 11 is 0. The molecule has 0 aliphatic carbocycles. The number of carbonyl (C=O) groups is 1. The smallest absolute Gasteiger partial charge is 0.255 e. The predicted molar refractivity (Wildman–Crippen MR) is 85.9 cm³/mol. The largest absolute Gasteiger partial charge is 0.356 e. The maximum Gasteiger partial charge on any atom is 0.255 e. The van der Waals surface area contributed by atoms with E-state index in [9.17, 15) is 4.79 Å². The van der Waals surface area contributed by atoms with Crippen LogP contribution >= 0.6 is 0 Å². The molecule has 3 heteroatoms. The number of H-pyrrole nitrogens is 1. The number of nitrogens with zero attached hydrogens (tertiary/aromatic N) is 1. The molecule has 1 atom stereocenters. The molecular formula is C19H16N2O. The lowest BCUT2D eigenvalue weighted by Crippen LogP contribution is -2.47. The summed E-state index contributed by atoms with van der Waals surface area (Å²) < 4.78 is 0. The molecule has 108 valence electrons. The van der Waals surface area contributed by atoms with E-state index in [0.717, 1.165) is 29.6 Å². The number of carbonyl (C=O) groups excluding carboxylic acids is 1. The van der Waals surface area contributed by atoms with E-state index >= 15 is 0 Å². The summed E-state index contributed by atoms with van der Waals surface area (Å²) in [6, 6.07) is 16.4. The zero-order chi connectivity index (χ0) is 14.9. The fourth-order valence-electron chi connectivity index (χ4n) is 4.28. The van der Waals surface area contributed by atoms with E-state index < -0.39 is 0 Å². The Morgan fingerprint density at radius 3 is 2.77 bits per heavy atom. The van der Waals surface area contributed by atoms with Crippen molar-refractivity contribution in [2.75, 3.05) is 6.54 Å². The third-order valence-corrected chi connectivity index (χ3v) is 5.35. The summed E-state index contributed by atoms with van der Waals surface area (Å²) in [6.45, 7) is 2.95. The van der Waals surface area contributed by atoms with Gasteiger partial charge in [0.25, 0.3) is 5.91 Å². The number of rotatable bonds is 0. The molecule has 0 radical (unpaired) electrons. The Morgan fingerprint density at radius 2 is 1.86 bits per heavy atom. The van der Waals surface area contributed by atoms with Gasteiger partial charge in [-0.1, -0.05) is 36.4 Å². The number of aromatic amines is 1. The minimum absolute atomic E-state index is 0.155. The maximum atomic E-state index is 12.8. The Labute approximate surface area is 128 Å². The first-order valence-corrected chi connectivity index (χ1v) is 7.73. The number of aromatic nitrogens is 1. The molecule has 0 saturated heterocycles. The molecule has 2 aromatic carbocycles. The number of hydrogen-bond donors (Lipinski definition) is 1. The van der Waals surface area contributed by atoms with Gasteiger partial charge in [-0.05, 0) is 36.6 Å². The van der Waals surface area contributed by atoms with Crippen molar-refractivity contribution in [2.45, 2.75) is 18.9 Å². The zero-order valence-electron chi connectivity index (χ0n) is 12.4. The van der Waals surface area contributed by atoms with Crippen LogP contribution in [0.25, 0.3) is 10.9 Å². The van der Waals surface area contributed by atoms with Gasteiger partial charge in [0, 0.05) is 28.7 Å². The van der Waals surface area contributed by atoms with Gasteiger partial charge in [0.05, 0.1) is 0 Å². The van der Waals surface area contributed by atoms with Gasteiger partial charge >= 0.3 is 0 Å². The van der Waals surface area contributed by atoms with E-state index in [-0.39, 0.29) is 11.4 Å². The lowest BCUT2D eigenvalue weighted by Gasteiger charge is -2.40. The Kier molecular flexibility index (Phi) is 2.08. The van der Waals surface area contributed by atoms with Crippen LogP contribution < -0.4 is 0 Å². The minimum Gasteiger partial charge on any atom is -0.356 e. The molecule has 1 N–H and O–H groups in total. The topological polar surface area (TPSA) is 36.1 Å². The Balaban J connectivity index is 1.88. The van der Waals surface area contributed by atoms with Crippen molar-refractivity contribution in [2.24, 2.45) is 0 Å². The van der Waals surface area contributed by atoms with Crippen LogP contribution in [0.2, 0.25) is 0 Å². The molecule has 0 spiro atoms. The van der Waals surface area contributed by atoms with Gasteiger partial charge in [0.2, 0.25) is 0 Å². The normalized spacial score (nSPS) is 22.6. The molecule has 0 bridgehead atoms. The van der Waals surface area contributed by atoms with Crippen LogP contribution in [-0.2, 0) is 12.0 Å². The lowest BCUT2D eigenvalue weighted by molar-refractivity contribution is 0.0626. The van der Waals surface area contributed by atoms with Crippen LogP contribution in [0.1, 0.15) is 34.1 Å². The second-order valence-corrected chi connectivity index (χ2v) is 6.35. The van der Waals surface area contributed by atoms with Crippen molar-refractivity contribution in [1.29, 1.82) is 0 Å². The highest BCUT2D eigenvalue weighted by Gasteiger charge is 2.51. The summed E-state index contributed by atoms with van der Waals surface area (Å²) in [5.74, 6) is 0.155. The third-order valence-electron chi connectivity index (χ3n) is 5.35. The average molecular weight is 288 g/mol. The molecule has 3 aromatic rings. The van der Waals surface area contributed by atoms with Gasteiger partial charge in [0.15, 0.2) is 0 Å². The standard InChI is InChI=1S/C19H16N2O/c1-19-15-8-4-2-7-14(15)18(22)21(19)11-10-13-12-6-3-5-9-16(12)20-17(13)19/h2-9,20H,10-11H2,1H3/t19-/m0/s1. The highest BCUT2D eigenvalue weighted by atomic mass is 16.2. The monoisotopic (exact) mass is 288 g/mol. The van der Waals surface area contributed by atoms with Gasteiger partial charge in [-0.25, -0.2) is 0 Å². The molecule has 3 nitrogen and oxygen atoms in total. The molecule has 0 saturated carbocycles. The van der Waals surface area contributed by atoms with E-state index in [1.807, 2.05) is 23.1 Å². The Hall–Kier alpha value is -2.55. The van der Waals surface area contributed by atoms with Gasteiger partial charge in [0.1, 0.15) is 5.54 Å². The zero-order valence-corrected chi connectivity index (χ0v) is 12.4. The molecule has 0 unspecified atom stereocenters. The van der Waals surface area contributed by atoms with Crippen molar-refractivity contribution in [3.8, 4) is 0 Å². The summed E-state index contributed by atoms with van der Waals surface area (Å²) in [7, 11) is 0. The SMILES string of the molecule is C[C@@]12c3ccccc3C(=O)N1CCc1c2[nH]c2ccccc12. The van der Waals surface area contributed by atoms with Crippen LogP contribution in [0.5, 0.6) is 0 Å². The van der Waals surface area contributed by atoms with Crippen LogP contribution in [0.4, 0.5) is 0 Å². The molecule has 0 fully saturated rings. The lowest BCUT2D eigenvalue weighted by atomic mass is 9.83. The van der Waals surface area contributed by atoms with E-state index in [1.54, 1.807) is 0 Å². The Bertz CT molecular complexity index is 940. The molecule has 22 heavy (non-hydrogen) atoms. The van der Waals surface area contributed by atoms with E-state index in [1.165, 1.54) is 16.6 Å². The van der Waals surface area contributed by atoms with Crippen LogP contribution in [-0.4, -0.2) is 22.3 Å². The summed E-state index contributed by atoms with van der Waals surface area (Å²) in [6.07, 6.45) is 0.911. The number of amides is 1. The van der Waals surface area contributed by atoms with Crippen molar-refractivity contribution in [3.05, 3.63) is 70.9 Å². The summed E-state index contributed by atoms with van der Waals surface area (Å²) in [5.41, 5.74) is 5.29. The Morgan fingerprint density at radius 1 is 1.09 bits per heavy atom. The maximum absolute atomic E-state index is 12.8. The van der Waals surface area contributed by atoms with Crippen molar-refractivity contribution < 1.29 is 4.79 Å². The fraction of sp³-hybridized carbons (Fsp3) is 0.211. The fourth-order valence-corrected chi connectivity index (χ4v) is 4.28. The average Bonchev–Trinajstić information content (AvgIpc) is 3.04. The molecule has 3 heterocycles. The second-order valence-electron chi connectivity index (χ2n) is 6.35. The van der Waals surface area contributed by atoms with Crippen molar-refractivity contribution >= 4 is 16.8 Å². The molecule has 1 aromatic heterocycles. The first kappa shape index (κ1) is 12.0.